The van der Waals surface area contributed by atoms with E-state index < -0.39 is 23.9 Å². The van der Waals surface area contributed by atoms with Crippen LogP contribution in [0.15, 0.2) is 16.0 Å². The molecular formula is C22H29N4NaO6S2. The molecule has 0 aromatic carbocycles. The molecule has 0 saturated carbocycles. The zero-order chi connectivity index (χ0) is 24.9. The van der Waals surface area contributed by atoms with Crippen LogP contribution in [0, 0.1) is 23.7 Å². The van der Waals surface area contributed by atoms with Crippen LogP contribution in [0.25, 0.3) is 0 Å². The Kier molecular flexibility index (Phi) is 8.99. The predicted octanol–water partition coefficient (Wildman–Crippen LogP) is -2.91. The van der Waals surface area contributed by atoms with Gasteiger partial charge in [-0.1, -0.05) is 20.8 Å². The van der Waals surface area contributed by atoms with Gasteiger partial charge in [-0.05, 0) is 12.8 Å². The maximum Gasteiger partial charge on any atom is 1.00 e. The summed E-state index contributed by atoms with van der Waals surface area (Å²) in [5.74, 6) is -2.83. The summed E-state index contributed by atoms with van der Waals surface area (Å²) in [5, 5.41) is 36.6. The average Bonchev–Trinajstić information content (AvgIpc) is 3.25. The van der Waals surface area contributed by atoms with Gasteiger partial charge in [0.05, 0.1) is 42.3 Å². The molecule has 4 heterocycles. The van der Waals surface area contributed by atoms with Crippen LogP contribution < -0.4 is 44.9 Å². The van der Waals surface area contributed by atoms with Crippen molar-refractivity contribution in [2.24, 2.45) is 23.7 Å². The number of aliphatic hydroxyl groups is 2. The second kappa shape index (κ2) is 11.1. The van der Waals surface area contributed by atoms with Gasteiger partial charge in [-0.25, -0.2) is 4.98 Å². The third-order valence-electron chi connectivity index (χ3n) is 6.80. The van der Waals surface area contributed by atoms with Crippen molar-refractivity contribution in [1.29, 1.82) is 0 Å². The summed E-state index contributed by atoms with van der Waals surface area (Å²) in [6, 6.07) is -0.349. The number of thioether (sulfide) groups is 1. The van der Waals surface area contributed by atoms with Crippen LogP contribution in [-0.2, 0) is 14.4 Å². The Balaban J connectivity index is 0.00000342. The minimum atomic E-state index is -1.37. The fourth-order valence-electron chi connectivity index (χ4n) is 4.80. The van der Waals surface area contributed by atoms with E-state index in [-0.39, 0.29) is 76.8 Å². The van der Waals surface area contributed by atoms with Gasteiger partial charge in [0, 0.05) is 34.5 Å². The fourth-order valence-corrected chi connectivity index (χ4v) is 7.09. The smallest absolute Gasteiger partial charge is 0.543 e. The first kappa shape index (κ1) is 28.4. The number of carbonyl (C=O) groups is 3. The second-order valence-corrected chi connectivity index (χ2v) is 11.6. The van der Waals surface area contributed by atoms with Crippen LogP contribution in [0.3, 0.4) is 0 Å². The Labute approximate surface area is 234 Å². The molecule has 5 atom stereocenters. The molecule has 0 unspecified atom stereocenters. The van der Waals surface area contributed by atoms with E-state index in [1.807, 2.05) is 25.7 Å². The first-order valence-corrected chi connectivity index (χ1v) is 13.1. The molecule has 0 aliphatic carbocycles. The van der Waals surface area contributed by atoms with Crippen molar-refractivity contribution in [3.63, 3.8) is 0 Å². The number of hydrogen-bond acceptors (Lipinski definition) is 10. The zero-order valence-corrected chi connectivity index (χ0v) is 24.1. The topological polar surface area (TPSA) is 146 Å². The molecule has 13 heteroatoms. The van der Waals surface area contributed by atoms with Crippen LogP contribution in [0.5, 0.6) is 0 Å². The van der Waals surface area contributed by atoms with Crippen molar-refractivity contribution >= 4 is 51.8 Å². The molecule has 2 amide bonds. The van der Waals surface area contributed by atoms with Gasteiger partial charge in [0.25, 0.3) is 0 Å². The molecule has 0 radical (unpaired) electrons. The molecule has 1 aromatic heterocycles. The van der Waals surface area contributed by atoms with Crippen molar-refractivity contribution in [2.45, 2.75) is 45.1 Å². The number of hydrogen-bond donors (Lipinski definition) is 3. The summed E-state index contributed by atoms with van der Waals surface area (Å²) in [6.45, 7) is 8.26. The number of nitrogens with zero attached hydrogens (tertiary/aromatic N) is 3. The van der Waals surface area contributed by atoms with E-state index in [0.717, 1.165) is 5.13 Å². The van der Waals surface area contributed by atoms with Gasteiger partial charge in [0.1, 0.15) is 5.82 Å². The number of carboxylic acid groups (broad SMARTS) is 1. The molecule has 3 aliphatic heterocycles. The van der Waals surface area contributed by atoms with Crippen molar-refractivity contribution in [1.82, 2.24) is 9.88 Å². The van der Waals surface area contributed by atoms with E-state index in [9.17, 15) is 29.7 Å². The maximum atomic E-state index is 12.4. The van der Waals surface area contributed by atoms with Gasteiger partial charge >= 0.3 is 29.6 Å². The number of β-lactam (4-membered cyclic amide) rings is 1. The van der Waals surface area contributed by atoms with Gasteiger partial charge < -0.3 is 35.2 Å². The van der Waals surface area contributed by atoms with Gasteiger partial charge in [-0.2, -0.15) is 0 Å². The van der Waals surface area contributed by atoms with Gasteiger partial charge in [-0.15, -0.1) is 23.1 Å². The summed E-state index contributed by atoms with van der Waals surface area (Å²) in [4.78, 5) is 45.0. The Bertz CT molecular complexity index is 1030. The number of rotatable bonds is 9. The summed E-state index contributed by atoms with van der Waals surface area (Å²) >= 11 is 2.85. The van der Waals surface area contributed by atoms with E-state index in [1.54, 1.807) is 12.3 Å². The second-order valence-electron chi connectivity index (χ2n) is 9.44. The van der Waals surface area contributed by atoms with Crippen LogP contribution >= 0.6 is 23.1 Å². The van der Waals surface area contributed by atoms with Gasteiger partial charge in [0.15, 0.2) is 5.13 Å². The Hall–Kier alpha value is -1.15. The number of carboxylic acids is 1. The maximum absolute atomic E-state index is 12.4. The standard InChI is InChI=1S/C22H30N4O6S2.Na/c1-9(2)13(7-27)19(29)23-14-8-33-22(24-14)25-5-12(6-25)34-18-10(3)16-15(11(4)28)20(30)26(16)17(18)21(31)32;/h8-13,15-16,27-28H,5-7H2,1-4H3,(H,23,29)(H,31,32);/q;+1/p-1/t10-,11-,13-,15-,16-;/m1./s1. The van der Waals surface area contributed by atoms with Gasteiger partial charge in [0.2, 0.25) is 11.8 Å². The third kappa shape index (κ3) is 5.16. The molecule has 3 aliphatic rings. The first-order valence-electron chi connectivity index (χ1n) is 11.3. The monoisotopic (exact) mass is 532 g/mol. The number of anilines is 2. The molecule has 4 rings (SSSR count). The van der Waals surface area contributed by atoms with Crippen LogP contribution in [0.2, 0.25) is 0 Å². The summed E-state index contributed by atoms with van der Waals surface area (Å²) < 4.78 is 0. The number of amides is 2. The average molecular weight is 533 g/mol. The molecule has 2 fully saturated rings. The number of aliphatic hydroxyl groups excluding tert-OH is 2. The van der Waals surface area contributed by atoms with Crippen LogP contribution in [0.4, 0.5) is 10.9 Å². The summed E-state index contributed by atoms with van der Waals surface area (Å²) in [5.41, 5.74) is -0.0642. The van der Waals surface area contributed by atoms with Crippen LogP contribution in [0.1, 0.15) is 27.7 Å². The normalized spacial score (nSPS) is 25.6. The van der Waals surface area contributed by atoms with E-state index in [0.29, 0.717) is 23.8 Å². The largest absolute Gasteiger partial charge is 1.00 e. The SMILES string of the molecule is CC(C)[C@@H](CO)C(=O)Nc1csc(N2CC(SC3=C(C(=O)[O-])N4C(=O)[C@H]([C@@H](C)O)[C@H]4[C@H]3C)C2)n1.[Na+]. The molecule has 0 bridgehead atoms. The minimum absolute atomic E-state index is 0. The number of aromatic nitrogens is 1. The number of aliphatic carboxylic acids is 1. The molecule has 2 saturated heterocycles. The fraction of sp³-hybridized carbons (Fsp3) is 0.636. The Morgan fingerprint density at radius 1 is 1.34 bits per heavy atom. The zero-order valence-electron chi connectivity index (χ0n) is 20.4. The molecule has 1 aromatic rings. The van der Waals surface area contributed by atoms with Gasteiger partial charge in [-0.3, -0.25) is 9.59 Å². The number of carbonyl (C=O) groups excluding carboxylic acids is 3. The van der Waals surface area contributed by atoms with Crippen molar-refractivity contribution in [3.05, 3.63) is 16.0 Å². The molecule has 0 spiro atoms. The summed E-state index contributed by atoms with van der Waals surface area (Å²) in [7, 11) is 0. The summed E-state index contributed by atoms with van der Waals surface area (Å²) in [6.07, 6.45) is -0.837. The predicted molar refractivity (Wildman–Crippen MR) is 127 cm³/mol. The van der Waals surface area contributed by atoms with Crippen LogP contribution in [-0.4, -0.2) is 75.0 Å². The Morgan fingerprint density at radius 2 is 2.00 bits per heavy atom. The van der Waals surface area contributed by atoms with E-state index in [4.69, 9.17) is 0 Å². The quantitative estimate of drug-likeness (QED) is 0.225. The molecule has 10 nitrogen and oxygen atoms in total. The van der Waals surface area contributed by atoms with E-state index in [2.05, 4.69) is 10.3 Å². The third-order valence-corrected chi connectivity index (χ3v) is 9.15. The molecule has 35 heavy (non-hydrogen) atoms. The van der Waals surface area contributed by atoms with Crippen molar-refractivity contribution < 1.29 is 59.3 Å². The van der Waals surface area contributed by atoms with E-state index in [1.165, 1.54) is 28.0 Å². The minimum Gasteiger partial charge on any atom is -0.543 e. The molecule has 3 N–H and O–H groups in total. The first-order chi connectivity index (χ1) is 16.0. The van der Waals surface area contributed by atoms with E-state index >= 15 is 0 Å². The number of thiazole rings is 1. The van der Waals surface area contributed by atoms with Crippen molar-refractivity contribution in [2.75, 3.05) is 29.9 Å². The number of nitrogens with one attached hydrogen (secondary N) is 1. The Morgan fingerprint density at radius 3 is 2.54 bits per heavy atom. The van der Waals surface area contributed by atoms with Crippen molar-refractivity contribution in [3.8, 4) is 0 Å². The molecule has 186 valence electrons. The number of fused-ring (bicyclic) bond motifs is 1. The molecular weight excluding hydrogens is 503 g/mol.